The summed E-state index contributed by atoms with van der Waals surface area (Å²) in [6.45, 7) is 0. The van der Waals surface area contributed by atoms with E-state index in [0.717, 1.165) is 26.5 Å². The van der Waals surface area contributed by atoms with Crippen LogP contribution in [-0.2, 0) is 0 Å². The van der Waals surface area contributed by atoms with Crippen molar-refractivity contribution in [1.29, 1.82) is 0 Å². The van der Waals surface area contributed by atoms with Crippen molar-refractivity contribution in [3.63, 3.8) is 0 Å². The molecule has 19 heavy (non-hydrogen) atoms. The number of hydrogen-bond acceptors (Lipinski definition) is 2. The first-order valence-electron chi connectivity index (χ1n) is 5.40. The minimum absolute atomic E-state index is 0. The van der Waals surface area contributed by atoms with Gasteiger partial charge in [0.05, 0.1) is 5.52 Å². The molecule has 3 rings (SSSR count). The fourth-order valence-corrected chi connectivity index (χ4v) is 2.49. The number of rotatable bonds is 1. The van der Waals surface area contributed by atoms with Crippen LogP contribution in [-0.4, -0.2) is 9.97 Å². The molecule has 0 radical (unpaired) electrons. The summed E-state index contributed by atoms with van der Waals surface area (Å²) in [5, 5.41) is 1.55. The largest absolute Gasteiger partial charge is 0.264 e. The average Bonchev–Trinajstić information content (AvgIpc) is 2.39. The first kappa shape index (κ1) is 14.3. The molecular weight excluding hydrogens is 347 g/mol. The molecule has 3 aromatic rings. The first-order valence-corrected chi connectivity index (χ1v) is 6.57. The molecule has 0 unspecified atom stereocenters. The molecule has 0 fully saturated rings. The van der Waals surface area contributed by atoms with Gasteiger partial charge in [-0.1, -0.05) is 33.6 Å². The molecule has 2 heterocycles. The van der Waals surface area contributed by atoms with Gasteiger partial charge in [-0.05, 0) is 35.9 Å². The zero-order valence-electron chi connectivity index (χ0n) is 9.68. The maximum absolute atomic E-state index is 6.07. The number of benzene rings is 1. The second-order valence-electron chi connectivity index (χ2n) is 3.90. The van der Waals surface area contributed by atoms with Crippen molar-refractivity contribution in [2.75, 3.05) is 0 Å². The molecule has 1 aromatic carbocycles. The van der Waals surface area contributed by atoms with Crippen molar-refractivity contribution in [2.45, 2.75) is 0 Å². The Kier molecular flexibility index (Phi) is 4.40. The normalized spacial score (nSPS) is 10.2. The number of nitrogens with zero attached hydrogens (tertiary/aromatic N) is 2. The lowest BCUT2D eigenvalue weighted by Gasteiger charge is -2.07. The van der Waals surface area contributed by atoms with Crippen molar-refractivity contribution in [3.05, 3.63) is 58.4 Å². The second-order valence-corrected chi connectivity index (χ2v) is 5.20. The Bertz CT molecular complexity index is 717. The van der Waals surface area contributed by atoms with E-state index in [-0.39, 0.29) is 12.4 Å². The zero-order chi connectivity index (χ0) is 12.5. The van der Waals surface area contributed by atoms with Gasteiger partial charge in [0.25, 0.3) is 0 Å². The second kappa shape index (κ2) is 5.87. The van der Waals surface area contributed by atoms with Gasteiger partial charge in [0, 0.05) is 27.8 Å². The Morgan fingerprint density at radius 2 is 1.95 bits per heavy atom. The van der Waals surface area contributed by atoms with Crippen LogP contribution in [0, 0.1) is 0 Å². The number of pyridine rings is 2. The van der Waals surface area contributed by atoms with Crippen LogP contribution in [0.25, 0.3) is 22.0 Å². The van der Waals surface area contributed by atoms with E-state index in [9.17, 15) is 0 Å². The number of aromatic nitrogens is 2. The van der Waals surface area contributed by atoms with E-state index in [2.05, 4.69) is 25.9 Å². The van der Waals surface area contributed by atoms with E-state index in [1.54, 1.807) is 6.20 Å². The third-order valence-electron chi connectivity index (χ3n) is 2.71. The molecule has 0 spiro atoms. The Labute approximate surface area is 130 Å². The molecule has 0 saturated heterocycles. The SMILES string of the molecule is Cl.Clc1cc(-c2cccnc2)c2cc(Br)ccc2n1. The van der Waals surface area contributed by atoms with Crippen molar-refractivity contribution >= 4 is 50.8 Å². The summed E-state index contributed by atoms with van der Waals surface area (Å²) >= 11 is 9.55. The lowest BCUT2D eigenvalue weighted by Crippen LogP contribution is -1.86. The van der Waals surface area contributed by atoms with E-state index in [4.69, 9.17) is 11.6 Å². The van der Waals surface area contributed by atoms with E-state index >= 15 is 0 Å². The van der Waals surface area contributed by atoms with Crippen molar-refractivity contribution in [3.8, 4) is 11.1 Å². The molecule has 0 amide bonds. The minimum Gasteiger partial charge on any atom is -0.264 e. The highest BCUT2D eigenvalue weighted by atomic mass is 79.9. The molecule has 5 heteroatoms. The molecular formula is C14H9BrCl2N2. The zero-order valence-corrected chi connectivity index (χ0v) is 12.8. The van der Waals surface area contributed by atoms with Gasteiger partial charge in [0.1, 0.15) is 5.15 Å². The summed E-state index contributed by atoms with van der Waals surface area (Å²) < 4.78 is 1.02. The van der Waals surface area contributed by atoms with Gasteiger partial charge in [-0.15, -0.1) is 12.4 Å². The molecule has 0 aliphatic carbocycles. The molecule has 96 valence electrons. The van der Waals surface area contributed by atoms with E-state index in [1.807, 2.05) is 42.6 Å². The smallest absolute Gasteiger partial charge is 0.130 e. The number of fused-ring (bicyclic) bond motifs is 1. The Hall–Kier alpha value is -1.16. The fraction of sp³-hybridized carbons (Fsp3) is 0. The third-order valence-corrected chi connectivity index (χ3v) is 3.40. The van der Waals surface area contributed by atoms with Crippen LogP contribution in [0.4, 0.5) is 0 Å². The highest BCUT2D eigenvalue weighted by Gasteiger charge is 2.07. The van der Waals surface area contributed by atoms with Gasteiger partial charge in [-0.3, -0.25) is 4.98 Å². The Morgan fingerprint density at radius 1 is 1.11 bits per heavy atom. The summed E-state index contributed by atoms with van der Waals surface area (Å²) in [4.78, 5) is 8.47. The van der Waals surface area contributed by atoms with Crippen LogP contribution in [0.5, 0.6) is 0 Å². The first-order chi connectivity index (χ1) is 8.74. The van der Waals surface area contributed by atoms with Gasteiger partial charge in [0.2, 0.25) is 0 Å². The molecule has 0 aliphatic heterocycles. The predicted octanol–water partition coefficient (Wildman–Crippen LogP) is 5.13. The number of hydrogen-bond donors (Lipinski definition) is 0. The van der Waals surface area contributed by atoms with Gasteiger partial charge in [-0.25, -0.2) is 4.98 Å². The molecule has 2 nitrogen and oxygen atoms in total. The molecule has 2 aromatic heterocycles. The lowest BCUT2D eigenvalue weighted by molar-refractivity contribution is 1.33. The van der Waals surface area contributed by atoms with Gasteiger partial charge < -0.3 is 0 Å². The van der Waals surface area contributed by atoms with E-state index in [0.29, 0.717) is 5.15 Å². The summed E-state index contributed by atoms with van der Waals surface area (Å²) in [5.74, 6) is 0. The van der Waals surface area contributed by atoms with Gasteiger partial charge in [-0.2, -0.15) is 0 Å². The van der Waals surface area contributed by atoms with Gasteiger partial charge in [0.15, 0.2) is 0 Å². The molecule has 0 saturated carbocycles. The van der Waals surface area contributed by atoms with Crippen LogP contribution in [0.1, 0.15) is 0 Å². The van der Waals surface area contributed by atoms with E-state index < -0.39 is 0 Å². The molecule has 0 aliphatic rings. The third kappa shape index (κ3) is 2.89. The highest BCUT2D eigenvalue weighted by molar-refractivity contribution is 9.10. The average molecular weight is 356 g/mol. The van der Waals surface area contributed by atoms with Crippen molar-refractivity contribution in [1.82, 2.24) is 9.97 Å². The quantitative estimate of drug-likeness (QED) is 0.565. The van der Waals surface area contributed by atoms with Crippen LogP contribution in [0.2, 0.25) is 5.15 Å². The van der Waals surface area contributed by atoms with Crippen LogP contribution < -0.4 is 0 Å². The molecule has 0 atom stereocenters. The maximum atomic E-state index is 6.07. The summed E-state index contributed by atoms with van der Waals surface area (Å²) in [6.07, 6.45) is 3.58. The standard InChI is InChI=1S/C14H8BrClN2.ClH/c15-10-3-4-13-12(6-10)11(7-14(16)18-13)9-2-1-5-17-8-9;/h1-8H;1H. The Balaban J connectivity index is 0.00000133. The van der Waals surface area contributed by atoms with Crippen molar-refractivity contribution < 1.29 is 0 Å². The van der Waals surface area contributed by atoms with Gasteiger partial charge >= 0.3 is 0 Å². The summed E-state index contributed by atoms with van der Waals surface area (Å²) in [7, 11) is 0. The Morgan fingerprint density at radius 3 is 2.68 bits per heavy atom. The predicted molar refractivity (Wildman–Crippen MR) is 84.9 cm³/mol. The lowest BCUT2D eigenvalue weighted by atomic mass is 10.0. The number of halogens is 3. The van der Waals surface area contributed by atoms with Crippen LogP contribution in [0.3, 0.4) is 0 Å². The summed E-state index contributed by atoms with van der Waals surface area (Å²) in [6, 6.07) is 11.7. The fourth-order valence-electron chi connectivity index (χ4n) is 1.93. The minimum atomic E-state index is 0. The highest BCUT2D eigenvalue weighted by Crippen LogP contribution is 2.31. The van der Waals surface area contributed by atoms with Crippen molar-refractivity contribution in [2.24, 2.45) is 0 Å². The monoisotopic (exact) mass is 354 g/mol. The van der Waals surface area contributed by atoms with Crippen LogP contribution >= 0.6 is 39.9 Å². The van der Waals surface area contributed by atoms with Crippen LogP contribution in [0.15, 0.2) is 53.3 Å². The summed E-state index contributed by atoms with van der Waals surface area (Å²) in [5.41, 5.74) is 2.95. The maximum Gasteiger partial charge on any atom is 0.130 e. The van der Waals surface area contributed by atoms with E-state index in [1.165, 1.54) is 0 Å². The molecule has 0 bridgehead atoms. The topological polar surface area (TPSA) is 25.8 Å². The molecule has 0 N–H and O–H groups in total.